The zero-order valence-corrected chi connectivity index (χ0v) is 32.3. The van der Waals surface area contributed by atoms with Crippen molar-refractivity contribution in [3.8, 4) is 45.5 Å². The first-order valence-corrected chi connectivity index (χ1v) is 20.3. The maximum atomic E-state index is 5.35. The van der Waals surface area contributed by atoms with E-state index in [1.165, 1.54) is 36.5 Å². The molecule has 4 heterocycles. The summed E-state index contributed by atoms with van der Waals surface area (Å²) in [5.74, 6) is 1.83. The maximum absolute atomic E-state index is 5.35. The molecule has 12 aromatic rings. The zero-order chi connectivity index (χ0) is 38.3. The summed E-state index contributed by atoms with van der Waals surface area (Å²) in [6, 6.07) is 64.9. The zero-order valence-electron chi connectivity index (χ0n) is 31.5. The second-order valence-electron chi connectivity index (χ2n) is 14.9. The van der Waals surface area contributed by atoms with Gasteiger partial charge in [-0.3, -0.25) is 4.57 Å². The van der Waals surface area contributed by atoms with E-state index < -0.39 is 0 Å². The van der Waals surface area contributed by atoms with E-state index in [0.29, 0.717) is 17.6 Å². The number of fused-ring (bicyclic) bond motifs is 10. The molecule has 0 radical (unpaired) electrons. The van der Waals surface area contributed by atoms with E-state index in [1.54, 1.807) is 0 Å². The van der Waals surface area contributed by atoms with Gasteiger partial charge in [0.2, 0.25) is 5.95 Å². The number of rotatable bonds is 5. The molecule has 6 heteroatoms. The van der Waals surface area contributed by atoms with E-state index in [9.17, 15) is 0 Å². The van der Waals surface area contributed by atoms with Gasteiger partial charge in [-0.1, -0.05) is 127 Å². The summed E-state index contributed by atoms with van der Waals surface area (Å²) in [5.41, 5.74) is 10.8. The van der Waals surface area contributed by atoms with Crippen molar-refractivity contribution >= 4 is 75.1 Å². The van der Waals surface area contributed by atoms with Crippen molar-refractivity contribution in [3.63, 3.8) is 0 Å². The Labute approximate surface area is 337 Å². The quantitative estimate of drug-likeness (QED) is 0.176. The van der Waals surface area contributed by atoms with E-state index in [-0.39, 0.29) is 0 Å². The average Bonchev–Trinajstić information content (AvgIpc) is 3.94. The molecule has 0 atom stereocenters. The van der Waals surface area contributed by atoms with Gasteiger partial charge in [0, 0.05) is 58.5 Å². The molecule has 0 fully saturated rings. The Morgan fingerprint density at radius 1 is 0.397 bits per heavy atom. The first-order valence-electron chi connectivity index (χ1n) is 19.5. The van der Waals surface area contributed by atoms with Crippen molar-refractivity contribution in [2.75, 3.05) is 0 Å². The predicted octanol–water partition coefficient (Wildman–Crippen LogP) is 13.7. The predicted molar refractivity (Wildman–Crippen MR) is 242 cm³/mol. The summed E-state index contributed by atoms with van der Waals surface area (Å²) in [4.78, 5) is 15.8. The number of aromatic nitrogens is 5. The number of benzene rings is 8. The first kappa shape index (κ1) is 32.8. The van der Waals surface area contributed by atoms with Crippen molar-refractivity contribution in [1.29, 1.82) is 0 Å². The van der Waals surface area contributed by atoms with Gasteiger partial charge in [0.1, 0.15) is 0 Å². The van der Waals surface area contributed by atoms with Gasteiger partial charge in [-0.2, -0.15) is 9.97 Å². The van der Waals surface area contributed by atoms with Crippen molar-refractivity contribution < 1.29 is 0 Å². The second kappa shape index (κ2) is 12.8. The molecule has 0 N–H and O–H groups in total. The minimum Gasteiger partial charge on any atom is -0.309 e. The number of nitrogens with zero attached hydrogens (tertiary/aromatic N) is 5. The van der Waals surface area contributed by atoms with Crippen LogP contribution in [0.25, 0.3) is 109 Å². The SMILES string of the molecule is Cc1cccc(-c2nc(-c3cccc(-c4ccc5sc6ccccc6c5c4)c3)nc(-n3c4ccccc4c4c3ccc3c5ccccc5n(-c5ccccc5)c34)n2)c1. The van der Waals surface area contributed by atoms with Crippen LogP contribution in [0.4, 0.5) is 0 Å². The van der Waals surface area contributed by atoms with Crippen molar-refractivity contribution in [1.82, 2.24) is 24.1 Å². The molecule has 0 saturated carbocycles. The van der Waals surface area contributed by atoms with Gasteiger partial charge >= 0.3 is 0 Å². The van der Waals surface area contributed by atoms with Gasteiger partial charge in [0.05, 0.1) is 22.1 Å². The van der Waals surface area contributed by atoms with Crippen molar-refractivity contribution in [3.05, 3.63) is 188 Å². The molecular formula is C52H33N5S. The first-order chi connectivity index (χ1) is 28.7. The Kier molecular flexibility index (Phi) is 7.25. The largest absolute Gasteiger partial charge is 0.309 e. The van der Waals surface area contributed by atoms with Gasteiger partial charge in [0.15, 0.2) is 11.6 Å². The van der Waals surface area contributed by atoms with Crippen LogP contribution in [0.15, 0.2) is 182 Å². The highest BCUT2D eigenvalue weighted by Crippen LogP contribution is 2.42. The number of hydrogen-bond donors (Lipinski definition) is 0. The number of hydrogen-bond acceptors (Lipinski definition) is 4. The Morgan fingerprint density at radius 2 is 1.03 bits per heavy atom. The Hall–Kier alpha value is -7.41. The van der Waals surface area contributed by atoms with Crippen LogP contribution < -0.4 is 0 Å². The molecule has 8 aromatic carbocycles. The van der Waals surface area contributed by atoms with Crippen LogP contribution in [0.2, 0.25) is 0 Å². The molecule has 5 nitrogen and oxygen atoms in total. The molecule has 0 aliphatic heterocycles. The van der Waals surface area contributed by atoms with Crippen LogP contribution in [0, 0.1) is 6.92 Å². The van der Waals surface area contributed by atoms with Crippen LogP contribution in [0.3, 0.4) is 0 Å². The molecule has 0 amide bonds. The minimum atomic E-state index is 0.575. The highest BCUT2D eigenvalue weighted by Gasteiger charge is 2.23. The third-order valence-corrected chi connectivity index (χ3v) is 12.6. The fourth-order valence-corrected chi connectivity index (χ4v) is 9.91. The molecule has 272 valence electrons. The van der Waals surface area contributed by atoms with E-state index in [1.807, 2.05) is 11.3 Å². The highest BCUT2D eigenvalue weighted by atomic mass is 32.1. The van der Waals surface area contributed by atoms with Crippen molar-refractivity contribution in [2.45, 2.75) is 6.92 Å². The standard InChI is InChI=1S/C52H33N5S/c1-32-13-11-15-35(29-32)50-53-51(36-16-12-14-33(30-36)34-25-28-47-42(31-34)39-20-7-10-24-46(39)58-47)55-52(54-50)57-44-23-9-6-21-41(44)48-45(57)27-26-40-38-19-5-8-22-43(38)56(49(40)48)37-17-3-2-4-18-37/h2-31H,1H3. The lowest BCUT2D eigenvalue weighted by atomic mass is 10.0. The van der Waals surface area contributed by atoms with Crippen molar-refractivity contribution in [2.24, 2.45) is 0 Å². The second-order valence-corrected chi connectivity index (χ2v) is 16.0. The van der Waals surface area contributed by atoms with E-state index >= 15 is 0 Å². The van der Waals surface area contributed by atoms with Crippen LogP contribution >= 0.6 is 11.3 Å². The number of para-hydroxylation sites is 3. The average molecular weight is 760 g/mol. The van der Waals surface area contributed by atoms with Gasteiger partial charge in [-0.15, -0.1) is 11.3 Å². The summed E-state index contributed by atoms with van der Waals surface area (Å²) in [6.45, 7) is 2.10. The Bertz CT molecular complexity index is 3590. The third-order valence-electron chi connectivity index (χ3n) is 11.4. The molecule has 4 aromatic heterocycles. The van der Waals surface area contributed by atoms with Gasteiger partial charge in [-0.25, -0.2) is 4.98 Å². The number of aryl methyl sites for hydroxylation is 1. The number of thiophene rings is 1. The highest BCUT2D eigenvalue weighted by molar-refractivity contribution is 7.25. The van der Waals surface area contributed by atoms with Gasteiger partial charge in [-0.05, 0) is 78.7 Å². The molecule has 0 saturated heterocycles. The molecule has 58 heavy (non-hydrogen) atoms. The Morgan fingerprint density at radius 3 is 1.84 bits per heavy atom. The summed E-state index contributed by atoms with van der Waals surface area (Å²) in [6.07, 6.45) is 0. The molecule has 0 aliphatic rings. The molecule has 12 rings (SSSR count). The lowest BCUT2D eigenvalue weighted by molar-refractivity contribution is 0.953. The summed E-state index contributed by atoms with van der Waals surface area (Å²) in [7, 11) is 0. The van der Waals surface area contributed by atoms with Gasteiger partial charge in [0.25, 0.3) is 0 Å². The smallest absolute Gasteiger partial charge is 0.238 e. The summed E-state index contributed by atoms with van der Waals surface area (Å²) in [5, 5.41) is 7.29. The molecule has 0 aliphatic carbocycles. The van der Waals surface area contributed by atoms with E-state index in [4.69, 9.17) is 15.0 Å². The molecule has 0 spiro atoms. The van der Waals surface area contributed by atoms with Crippen LogP contribution in [0.1, 0.15) is 5.56 Å². The normalized spacial score (nSPS) is 11.9. The topological polar surface area (TPSA) is 48.5 Å². The third kappa shape index (κ3) is 5.05. The Balaban J connectivity index is 1.11. The van der Waals surface area contributed by atoms with E-state index in [0.717, 1.165) is 60.8 Å². The summed E-state index contributed by atoms with van der Waals surface area (Å²) < 4.78 is 7.22. The van der Waals surface area contributed by atoms with Crippen LogP contribution in [-0.2, 0) is 0 Å². The fourth-order valence-electron chi connectivity index (χ4n) is 8.82. The lowest BCUT2D eigenvalue weighted by Gasteiger charge is -2.12. The monoisotopic (exact) mass is 759 g/mol. The summed E-state index contributed by atoms with van der Waals surface area (Å²) >= 11 is 1.84. The molecule has 0 bridgehead atoms. The van der Waals surface area contributed by atoms with E-state index in [2.05, 4.69) is 198 Å². The van der Waals surface area contributed by atoms with Gasteiger partial charge < -0.3 is 4.57 Å². The van der Waals surface area contributed by atoms with Crippen LogP contribution in [0.5, 0.6) is 0 Å². The van der Waals surface area contributed by atoms with Crippen LogP contribution in [-0.4, -0.2) is 24.1 Å². The molecular weight excluding hydrogens is 727 g/mol. The fraction of sp³-hybridized carbons (Fsp3) is 0.0192. The minimum absolute atomic E-state index is 0.575. The lowest BCUT2D eigenvalue weighted by Crippen LogP contribution is -2.06. The maximum Gasteiger partial charge on any atom is 0.238 e. The molecule has 0 unspecified atom stereocenters.